The Morgan fingerprint density at radius 3 is 2.81 bits per heavy atom. The van der Waals surface area contributed by atoms with Gasteiger partial charge in [-0.1, -0.05) is 17.7 Å². The van der Waals surface area contributed by atoms with Crippen molar-refractivity contribution in [3.8, 4) is 5.69 Å². The van der Waals surface area contributed by atoms with E-state index in [9.17, 15) is 5.11 Å². The normalized spacial score (nSPS) is 14.1. The van der Waals surface area contributed by atoms with Gasteiger partial charge in [0, 0.05) is 22.3 Å². The largest absolute Gasteiger partial charge is 0.393 e. The van der Waals surface area contributed by atoms with Gasteiger partial charge in [-0.15, -0.1) is 0 Å². The molecule has 2 aromatic rings. The van der Waals surface area contributed by atoms with E-state index in [1.165, 1.54) is 0 Å². The Kier molecular flexibility index (Phi) is 5.39. The van der Waals surface area contributed by atoms with Crippen LogP contribution >= 0.6 is 11.6 Å². The summed E-state index contributed by atoms with van der Waals surface area (Å²) in [5.41, 5.74) is 3.21. The lowest BCUT2D eigenvalue weighted by Crippen LogP contribution is -2.23. The maximum atomic E-state index is 9.30. The van der Waals surface area contributed by atoms with Crippen molar-refractivity contribution in [2.45, 2.75) is 39.3 Å². The molecule has 2 rings (SSSR count). The van der Waals surface area contributed by atoms with Gasteiger partial charge in [0.1, 0.15) is 0 Å². The zero-order valence-electron chi connectivity index (χ0n) is 12.7. The molecule has 21 heavy (non-hydrogen) atoms. The molecule has 0 radical (unpaired) electrons. The highest BCUT2D eigenvalue weighted by Crippen LogP contribution is 2.21. The van der Waals surface area contributed by atoms with Gasteiger partial charge >= 0.3 is 0 Å². The first-order valence-electron chi connectivity index (χ1n) is 7.21. The first kappa shape index (κ1) is 16.0. The molecule has 0 amide bonds. The minimum atomic E-state index is -0.278. The molecule has 4 nitrogen and oxygen atoms in total. The Labute approximate surface area is 130 Å². The zero-order chi connectivity index (χ0) is 15.4. The van der Waals surface area contributed by atoms with E-state index < -0.39 is 0 Å². The van der Waals surface area contributed by atoms with E-state index in [1.54, 1.807) is 6.92 Å². The number of hydrogen-bond acceptors (Lipinski definition) is 3. The van der Waals surface area contributed by atoms with E-state index in [-0.39, 0.29) is 12.1 Å². The molecule has 0 saturated heterocycles. The average molecular weight is 308 g/mol. The van der Waals surface area contributed by atoms with Crippen LogP contribution in [0.5, 0.6) is 0 Å². The van der Waals surface area contributed by atoms with Crippen molar-refractivity contribution in [2.24, 2.45) is 0 Å². The number of aliphatic hydroxyl groups is 1. The molecule has 0 aliphatic rings. The third-order valence-corrected chi connectivity index (χ3v) is 3.81. The second-order valence-corrected chi connectivity index (χ2v) is 5.83. The third-order valence-electron chi connectivity index (χ3n) is 3.58. The summed E-state index contributed by atoms with van der Waals surface area (Å²) in [5.74, 6) is 0. The third kappa shape index (κ3) is 4.06. The smallest absolute Gasteiger partial charge is 0.0663 e. The lowest BCUT2D eigenvalue weighted by atomic mass is 10.1. The highest BCUT2D eigenvalue weighted by atomic mass is 35.5. The number of nitrogens with zero attached hydrogens (tertiary/aromatic N) is 2. The number of aliphatic hydroxyl groups excluding tert-OH is 1. The van der Waals surface area contributed by atoms with E-state index in [1.807, 2.05) is 35.1 Å². The monoisotopic (exact) mass is 307 g/mol. The van der Waals surface area contributed by atoms with Crippen LogP contribution in [0, 0.1) is 6.92 Å². The van der Waals surface area contributed by atoms with Gasteiger partial charge in [0.25, 0.3) is 0 Å². The Hall–Kier alpha value is -1.36. The molecule has 0 aliphatic heterocycles. The molecule has 1 aromatic heterocycles. The first-order valence-corrected chi connectivity index (χ1v) is 7.58. The van der Waals surface area contributed by atoms with Gasteiger partial charge in [-0.3, -0.25) is 0 Å². The van der Waals surface area contributed by atoms with Crippen LogP contribution in [0.15, 0.2) is 30.5 Å². The van der Waals surface area contributed by atoms with Crippen LogP contribution in [-0.4, -0.2) is 27.5 Å². The molecule has 0 aliphatic carbocycles. The Morgan fingerprint density at radius 1 is 1.38 bits per heavy atom. The predicted octanol–water partition coefficient (Wildman–Crippen LogP) is 3.26. The van der Waals surface area contributed by atoms with Crippen molar-refractivity contribution in [1.29, 1.82) is 0 Å². The van der Waals surface area contributed by atoms with Gasteiger partial charge in [-0.25, -0.2) is 4.68 Å². The molecule has 0 spiro atoms. The van der Waals surface area contributed by atoms with E-state index >= 15 is 0 Å². The van der Waals surface area contributed by atoms with Crippen LogP contribution in [0.1, 0.15) is 37.6 Å². The lowest BCUT2D eigenvalue weighted by molar-refractivity contribution is 0.182. The van der Waals surface area contributed by atoms with Crippen molar-refractivity contribution >= 4 is 11.6 Å². The number of nitrogens with one attached hydrogen (secondary N) is 1. The fraction of sp³-hybridized carbons (Fsp3) is 0.438. The topological polar surface area (TPSA) is 50.1 Å². The molecule has 0 bridgehead atoms. The van der Waals surface area contributed by atoms with Gasteiger partial charge in [-0.2, -0.15) is 5.10 Å². The molecule has 0 saturated carbocycles. The standard InChI is InChI=1S/C16H22ClN3O/c1-11(21)7-8-18-12(2)16-10-19-20(13(16)3)15-6-4-5-14(17)9-15/h4-6,9-12,18,21H,7-8H2,1-3H3. The van der Waals surface area contributed by atoms with Crippen LogP contribution in [0.2, 0.25) is 5.02 Å². The molecule has 2 atom stereocenters. The van der Waals surface area contributed by atoms with Crippen molar-refractivity contribution in [3.63, 3.8) is 0 Å². The second kappa shape index (κ2) is 7.07. The van der Waals surface area contributed by atoms with Crippen LogP contribution < -0.4 is 5.32 Å². The molecule has 1 aromatic carbocycles. The highest BCUT2D eigenvalue weighted by molar-refractivity contribution is 6.30. The maximum absolute atomic E-state index is 9.30. The maximum Gasteiger partial charge on any atom is 0.0663 e. The summed E-state index contributed by atoms with van der Waals surface area (Å²) in [6.45, 7) is 6.74. The van der Waals surface area contributed by atoms with Crippen LogP contribution in [-0.2, 0) is 0 Å². The zero-order valence-corrected chi connectivity index (χ0v) is 13.4. The molecule has 1 heterocycles. The fourth-order valence-electron chi connectivity index (χ4n) is 2.33. The molecule has 2 unspecified atom stereocenters. The summed E-state index contributed by atoms with van der Waals surface area (Å²) < 4.78 is 1.90. The SMILES string of the molecule is Cc1c(C(C)NCCC(C)O)cnn1-c1cccc(Cl)c1. The van der Waals surface area contributed by atoms with E-state index in [0.29, 0.717) is 5.02 Å². The fourth-order valence-corrected chi connectivity index (χ4v) is 2.52. The quantitative estimate of drug-likeness (QED) is 0.861. The number of aromatic nitrogens is 2. The van der Waals surface area contributed by atoms with Crippen molar-refractivity contribution < 1.29 is 5.11 Å². The van der Waals surface area contributed by atoms with E-state index in [0.717, 1.165) is 29.9 Å². The molecular formula is C16H22ClN3O. The van der Waals surface area contributed by atoms with Crippen LogP contribution in [0.25, 0.3) is 5.69 Å². The van der Waals surface area contributed by atoms with Crippen molar-refractivity contribution in [2.75, 3.05) is 6.54 Å². The van der Waals surface area contributed by atoms with Gasteiger partial charge in [0.05, 0.1) is 18.0 Å². The summed E-state index contributed by atoms with van der Waals surface area (Å²) in [5, 5.41) is 17.9. The van der Waals surface area contributed by atoms with Gasteiger partial charge in [-0.05, 0) is 51.9 Å². The number of rotatable bonds is 6. The summed E-state index contributed by atoms with van der Waals surface area (Å²) in [4.78, 5) is 0. The van der Waals surface area contributed by atoms with Crippen molar-refractivity contribution in [3.05, 3.63) is 46.7 Å². The van der Waals surface area contributed by atoms with Gasteiger partial charge in [0.15, 0.2) is 0 Å². The summed E-state index contributed by atoms with van der Waals surface area (Å²) in [7, 11) is 0. The lowest BCUT2D eigenvalue weighted by Gasteiger charge is -2.14. The molecule has 5 heteroatoms. The number of halogens is 1. The molecule has 0 fully saturated rings. The number of benzene rings is 1. The summed E-state index contributed by atoms with van der Waals surface area (Å²) >= 11 is 6.04. The van der Waals surface area contributed by atoms with Crippen LogP contribution in [0.3, 0.4) is 0 Å². The molecular weight excluding hydrogens is 286 g/mol. The van der Waals surface area contributed by atoms with E-state index in [4.69, 9.17) is 11.6 Å². The highest BCUT2D eigenvalue weighted by Gasteiger charge is 2.14. The van der Waals surface area contributed by atoms with Gasteiger partial charge < -0.3 is 10.4 Å². The average Bonchev–Trinajstić information content (AvgIpc) is 2.80. The number of hydrogen-bond donors (Lipinski definition) is 2. The van der Waals surface area contributed by atoms with Gasteiger partial charge in [0.2, 0.25) is 0 Å². The summed E-state index contributed by atoms with van der Waals surface area (Å²) in [6.07, 6.45) is 2.35. The minimum Gasteiger partial charge on any atom is -0.393 e. The molecule has 114 valence electrons. The molecule has 2 N–H and O–H groups in total. The Morgan fingerprint density at radius 2 is 2.14 bits per heavy atom. The summed E-state index contributed by atoms with van der Waals surface area (Å²) in [6, 6.07) is 7.85. The van der Waals surface area contributed by atoms with Crippen molar-refractivity contribution in [1.82, 2.24) is 15.1 Å². The Balaban J connectivity index is 2.13. The van der Waals surface area contributed by atoms with E-state index in [2.05, 4.69) is 24.3 Å². The Bertz CT molecular complexity index is 595. The van der Waals surface area contributed by atoms with Crippen LogP contribution in [0.4, 0.5) is 0 Å². The predicted molar refractivity (Wildman–Crippen MR) is 86.0 cm³/mol. The first-order chi connectivity index (χ1) is 9.99. The second-order valence-electron chi connectivity index (χ2n) is 5.39. The minimum absolute atomic E-state index is 0.191.